The van der Waals surface area contributed by atoms with E-state index in [-0.39, 0.29) is 11.9 Å². The number of anilines is 1. The first kappa shape index (κ1) is 14.8. The van der Waals surface area contributed by atoms with Crippen molar-refractivity contribution < 1.29 is 4.79 Å². The number of benzene rings is 1. The molecule has 1 amide bonds. The van der Waals surface area contributed by atoms with Crippen molar-refractivity contribution in [3.05, 3.63) is 54.5 Å². The SMILES string of the molecule is C[C@H](C(=O)Nc1ccccn1)N1CC(c2nc3ccccc3[nH]2)C1. The molecule has 2 aromatic heterocycles. The van der Waals surface area contributed by atoms with E-state index in [0.29, 0.717) is 11.7 Å². The van der Waals surface area contributed by atoms with Gasteiger partial charge in [0.25, 0.3) is 0 Å². The van der Waals surface area contributed by atoms with Crippen molar-refractivity contribution in [2.75, 3.05) is 18.4 Å². The first-order chi connectivity index (χ1) is 11.7. The van der Waals surface area contributed by atoms with Crippen LogP contribution in [-0.2, 0) is 4.79 Å². The van der Waals surface area contributed by atoms with Crippen molar-refractivity contribution in [1.82, 2.24) is 19.9 Å². The zero-order valence-electron chi connectivity index (χ0n) is 13.4. The number of amides is 1. The van der Waals surface area contributed by atoms with Crippen LogP contribution < -0.4 is 5.32 Å². The maximum Gasteiger partial charge on any atom is 0.242 e. The number of aromatic amines is 1. The number of hydrogen-bond donors (Lipinski definition) is 2. The average molecular weight is 321 g/mol. The van der Waals surface area contributed by atoms with Crippen LogP contribution in [-0.4, -0.2) is 44.9 Å². The van der Waals surface area contributed by atoms with Gasteiger partial charge in [0.15, 0.2) is 0 Å². The van der Waals surface area contributed by atoms with Crippen molar-refractivity contribution in [2.45, 2.75) is 18.9 Å². The molecule has 0 unspecified atom stereocenters. The molecule has 1 aliphatic heterocycles. The second-order valence-electron chi connectivity index (χ2n) is 6.17. The molecule has 0 radical (unpaired) electrons. The summed E-state index contributed by atoms with van der Waals surface area (Å²) < 4.78 is 0. The maximum absolute atomic E-state index is 12.3. The van der Waals surface area contributed by atoms with Crippen LogP contribution in [0.25, 0.3) is 11.0 Å². The van der Waals surface area contributed by atoms with Gasteiger partial charge in [0.05, 0.1) is 17.1 Å². The zero-order chi connectivity index (χ0) is 16.5. The summed E-state index contributed by atoms with van der Waals surface area (Å²) in [5, 5.41) is 2.85. The Kier molecular flexibility index (Phi) is 3.74. The lowest BCUT2D eigenvalue weighted by Gasteiger charge is -2.41. The second kappa shape index (κ2) is 6.05. The van der Waals surface area contributed by atoms with E-state index < -0.39 is 0 Å². The van der Waals surface area contributed by atoms with E-state index in [1.807, 2.05) is 43.3 Å². The van der Waals surface area contributed by atoms with Gasteiger partial charge < -0.3 is 10.3 Å². The number of H-pyrrole nitrogens is 1. The number of nitrogens with one attached hydrogen (secondary N) is 2. The first-order valence-electron chi connectivity index (χ1n) is 8.11. The zero-order valence-corrected chi connectivity index (χ0v) is 13.4. The minimum Gasteiger partial charge on any atom is -0.342 e. The number of carbonyl (C=O) groups is 1. The highest BCUT2D eigenvalue weighted by Crippen LogP contribution is 2.28. The number of aromatic nitrogens is 3. The smallest absolute Gasteiger partial charge is 0.242 e. The van der Waals surface area contributed by atoms with E-state index in [1.165, 1.54) is 0 Å². The van der Waals surface area contributed by atoms with Crippen molar-refractivity contribution in [3.8, 4) is 0 Å². The van der Waals surface area contributed by atoms with Crippen LogP contribution in [0.15, 0.2) is 48.7 Å². The third-order valence-corrected chi connectivity index (χ3v) is 4.55. The highest BCUT2D eigenvalue weighted by Gasteiger charge is 2.36. The molecule has 0 bridgehead atoms. The Morgan fingerprint density at radius 1 is 1.25 bits per heavy atom. The minimum absolute atomic E-state index is 0.0308. The van der Waals surface area contributed by atoms with E-state index in [4.69, 9.17) is 0 Å². The molecule has 0 aliphatic carbocycles. The van der Waals surface area contributed by atoms with Crippen molar-refractivity contribution in [1.29, 1.82) is 0 Å². The van der Waals surface area contributed by atoms with E-state index in [1.54, 1.807) is 12.3 Å². The van der Waals surface area contributed by atoms with Gasteiger partial charge in [-0.05, 0) is 31.2 Å². The fourth-order valence-corrected chi connectivity index (χ4v) is 3.00. The topological polar surface area (TPSA) is 73.9 Å². The highest BCUT2D eigenvalue weighted by atomic mass is 16.2. The molecule has 122 valence electrons. The molecule has 0 spiro atoms. The molecule has 3 heterocycles. The summed E-state index contributed by atoms with van der Waals surface area (Å²) >= 11 is 0. The summed E-state index contributed by atoms with van der Waals surface area (Å²) in [4.78, 5) is 26.6. The number of rotatable bonds is 4. The Labute approximate surface area is 139 Å². The molecular formula is C18H19N5O. The van der Waals surface area contributed by atoms with E-state index in [9.17, 15) is 4.79 Å². The van der Waals surface area contributed by atoms with Crippen LogP contribution in [0.3, 0.4) is 0 Å². The predicted molar refractivity (Wildman–Crippen MR) is 92.7 cm³/mol. The number of para-hydroxylation sites is 2. The summed E-state index contributed by atoms with van der Waals surface area (Å²) in [6, 6.07) is 13.3. The van der Waals surface area contributed by atoms with E-state index >= 15 is 0 Å². The molecule has 1 aromatic carbocycles. The summed E-state index contributed by atoms with van der Waals surface area (Å²) in [5.74, 6) is 1.91. The maximum atomic E-state index is 12.3. The first-order valence-corrected chi connectivity index (χ1v) is 8.11. The van der Waals surface area contributed by atoms with Gasteiger partial charge in [0.2, 0.25) is 5.91 Å². The van der Waals surface area contributed by atoms with Crippen LogP contribution in [0.4, 0.5) is 5.82 Å². The summed E-state index contributed by atoms with van der Waals surface area (Å²) in [6.45, 7) is 3.58. The molecule has 1 aliphatic rings. The lowest BCUT2D eigenvalue weighted by atomic mass is 9.97. The van der Waals surface area contributed by atoms with Gasteiger partial charge in [-0.25, -0.2) is 9.97 Å². The van der Waals surface area contributed by atoms with Gasteiger partial charge >= 0.3 is 0 Å². The molecule has 6 heteroatoms. The van der Waals surface area contributed by atoms with Gasteiger partial charge in [-0.2, -0.15) is 0 Å². The molecule has 24 heavy (non-hydrogen) atoms. The number of carbonyl (C=O) groups excluding carboxylic acids is 1. The third-order valence-electron chi connectivity index (χ3n) is 4.55. The van der Waals surface area contributed by atoms with Crippen molar-refractivity contribution in [2.24, 2.45) is 0 Å². The third kappa shape index (κ3) is 2.76. The monoisotopic (exact) mass is 321 g/mol. The number of likely N-dealkylation sites (tertiary alicyclic amines) is 1. The molecule has 1 atom stereocenters. The number of fused-ring (bicyclic) bond motifs is 1. The number of hydrogen-bond acceptors (Lipinski definition) is 4. The Hall–Kier alpha value is -2.73. The van der Waals surface area contributed by atoms with Crippen LogP contribution in [0.1, 0.15) is 18.7 Å². The highest BCUT2D eigenvalue weighted by molar-refractivity contribution is 5.93. The quantitative estimate of drug-likeness (QED) is 0.774. The normalized spacial score (nSPS) is 16.7. The van der Waals surface area contributed by atoms with Gasteiger partial charge in [-0.1, -0.05) is 18.2 Å². The molecule has 2 N–H and O–H groups in total. The molecule has 0 saturated carbocycles. The van der Waals surface area contributed by atoms with Crippen LogP contribution in [0.2, 0.25) is 0 Å². The predicted octanol–water partition coefficient (Wildman–Crippen LogP) is 2.38. The second-order valence-corrected chi connectivity index (χ2v) is 6.17. The summed E-state index contributed by atoms with van der Waals surface area (Å²) in [6.07, 6.45) is 1.67. The minimum atomic E-state index is -0.187. The Bertz CT molecular complexity index is 821. The fourth-order valence-electron chi connectivity index (χ4n) is 3.00. The largest absolute Gasteiger partial charge is 0.342 e. The van der Waals surface area contributed by atoms with Crippen LogP contribution in [0, 0.1) is 0 Å². The number of nitrogens with zero attached hydrogens (tertiary/aromatic N) is 3. The molecule has 4 rings (SSSR count). The van der Waals surface area contributed by atoms with E-state index in [0.717, 1.165) is 29.9 Å². The summed E-state index contributed by atoms with van der Waals surface area (Å²) in [7, 11) is 0. The van der Waals surface area contributed by atoms with E-state index in [2.05, 4.69) is 25.2 Å². The lowest BCUT2D eigenvalue weighted by molar-refractivity contribution is -0.122. The standard InChI is InChI=1S/C18H19N5O/c1-12(18(24)22-16-8-4-5-9-19-16)23-10-13(11-23)17-20-14-6-2-3-7-15(14)21-17/h2-9,12-13H,10-11H2,1H3,(H,20,21)(H,19,22,24)/t12-/m1/s1. The Balaban J connectivity index is 1.37. The number of imidazole rings is 1. The number of pyridine rings is 1. The molecule has 1 saturated heterocycles. The molecule has 6 nitrogen and oxygen atoms in total. The van der Waals surface area contributed by atoms with Crippen molar-refractivity contribution >= 4 is 22.8 Å². The fraction of sp³-hybridized carbons (Fsp3) is 0.278. The summed E-state index contributed by atoms with van der Waals surface area (Å²) in [5.41, 5.74) is 2.05. The Morgan fingerprint density at radius 2 is 2.04 bits per heavy atom. The molecule has 3 aromatic rings. The molecular weight excluding hydrogens is 302 g/mol. The average Bonchev–Trinajstić information content (AvgIpc) is 2.97. The molecule has 1 fully saturated rings. The van der Waals surface area contributed by atoms with Gasteiger partial charge in [-0.15, -0.1) is 0 Å². The van der Waals surface area contributed by atoms with Gasteiger partial charge in [0, 0.05) is 25.2 Å². The van der Waals surface area contributed by atoms with Gasteiger partial charge in [-0.3, -0.25) is 9.69 Å². The van der Waals surface area contributed by atoms with Gasteiger partial charge in [0.1, 0.15) is 11.6 Å². The van der Waals surface area contributed by atoms with Crippen LogP contribution >= 0.6 is 0 Å². The lowest BCUT2D eigenvalue weighted by Crippen LogP contribution is -2.54. The van der Waals surface area contributed by atoms with Crippen molar-refractivity contribution in [3.63, 3.8) is 0 Å². The van der Waals surface area contributed by atoms with Crippen LogP contribution in [0.5, 0.6) is 0 Å². The Morgan fingerprint density at radius 3 is 2.79 bits per heavy atom.